The second kappa shape index (κ2) is 8.15. The van der Waals surface area contributed by atoms with Crippen molar-refractivity contribution in [3.8, 4) is 0 Å². The number of rotatable bonds is 5. The van der Waals surface area contributed by atoms with Crippen molar-refractivity contribution >= 4 is 6.03 Å². The summed E-state index contributed by atoms with van der Waals surface area (Å²) >= 11 is 0. The van der Waals surface area contributed by atoms with Gasteiger partial charge in [-0.3, -0.25) is 4.90 Å². The van der Waals surface area contributed by atoms with E-state index in [1.807, 2.05) is 35.2 Å². The van der Waals surface area contributed by atoms with Gasteiger partial charge < -0.3 is 15.0 Å². The number of ether oxygens (including phenoxy) is 1. The third-order valence-electron chi connectivity index (χ3n) is 4.23. The smallest absolute Gasteiger partial charge is 0.317 e. The molecule has 0 radical (unpaired) electrons. The fourth-order valence-corrected chi connectivity index (χ4v) is 3.05. The Kier molecular flexibility index (Phi) is 6.21. The van der Waals surface area contributed by atoms with Gasteiger partial charge in [0.25, 0.3) is 0 Å². The first-order valence-electron chi connectivity index (χ1n) is 7.93. The Labute approximate surface area is 133 Å². The summed E-state index contributed by atoms with van der Waals surface area (Å²) in [6.07, 6.45) is 0. The maximum Gasteiger partial charge on any atom is 0.317 e. The summed E-state index contributed by atoms with van der Waals surface area (Å²) in [4.78, 5) is 16.7. The molecule has 5 nitrogen and oxygen atoms in total. The van der Waals surface area contributed by atoms with Crippen LogP contribution in [0.2, 0.25) is 0 Å². The van der Waals surface area contributed by atoms with Crippen LogP contribution in [-0.2, 0) is 11.3 Å². The number of nitrogens with zero attached hydrogens (tertiary/aromatic N) is 2. The SMILES string of the molecule is COCCN1C(C)CN(C(=O)NCc2ccccc2)CC1C. The Balaban J connectivity index is 1.84. The number of hydrogen-bond acceptors (Lipinski definition) is 3. The van der Waals surface area contributed by atoms with Crippen molar-refractivity contribution in [3.05, 3.63) is 35.9 Å². The molecular formula is C17H27N3O2. The van der Waals surface area contributed by atoms with Crippen molar-refractivity contribution in [3.63, 3.8) is 0 Å². The quantitative estimate of drug-likeness (QED) is 0.904. The number of hydrogen-bond donors (Lipinski definition) is 1. The lowest BCUT2D eigenvalue weighted by molar-refractivity contribution is 0.0348. The van der Waals surface area contributed by atoms with E-state index < -0.39 is 0 Å². The van der Waals surface area contributed by atoms with Gasteiger partial charge in [0.05, 0.1) is 6.61 Å². The number of benzene rings is 1. The molecular weight excluding hydrogens is 278 g/mol. The third-order valence-corrected chi connectivity index (χ3v) is 4.23. The molecule has 1 aromatic rings. The fraction of sp³-hybridized carbons (Fsp3) is 0.588. The van der Waals surface area contributed by atoms with E-state index in [1.54, 1.807) is 7.11 Å². The molecule has 122 valence electrons. The molecule has 1 aliphatic rings. The minimum absolute atomic E-state index is 0.0222. The lowest BCUT2D eigenvalue weighted by atomic mass is 10.1. The van der Waals surface area contributed by atoms with Crippen LogP contribution in [0.5, 0.6) is 0 Å². The van der Waals surface area contributed by atoms with E-state index in [0.717, 1.165) is 31.8 Å². The highest BCUT2D eigenvalue weighted by Crippen LogP contribution is 2.15. The van der Waals surface area contributed by atoms with Crippen LogP contribution in [0.3, 0.4) is 0 Å². The number of methoxy groups -OCH3 is 1. The predicted molar refractivity (Wildman–Crippen MR) is 87.8 cm³/mol. The van der Waals surface area contributed by atoms with Crippen LogP contribution in [0.25, 0.3) is 0 Å². The van der Waals surface area contributed by atoms with E-state index in [2.05, 4.69) is 24.1 Å². The largest absolute Gasteiger partial charge is 0.383 e. The highest BCUT2D eigenvalue weighted by Gasteiger charge is 2.31. The molecule has 0 saturated carbocycles. The second-order valence-corrected chi connectivity index (χ2v) is 5.98. The van der Waals surface area contributed by atoms with Gasteiger partial charge in [0.15, 0.2) is 0 Å². The Morgan fingerprint density at radius 3 is 2.45 bits per heavy atom. The first kappa shape index (κ1) is 16.8. The molecule has 1 heterocycles. The molecule has 1 fully saturated rings. The van der Waals surface area contributed by atoms with Crippen LogP contribution in [0, 0.1) is 0 Å². The Hall–Kier alpha value is -1.59. The molecule has 1 aliphatic heterocycles. The third kappa shape index (κ3) is 4.45. The van der Waals surface area contributed by atoms with Crippen LogP contribution in [0.15, 0.2) is 30.3 Å². The molecule has 2 atom stereocenters. The average Bonchev–Trinajstić information content (AvgIpc) is 2.52. The first-order valence-corrected chi connectivity index (χ1v) is 7.93. The van der Waals surface area contributed by atoms with Crippen molar-refractivity contribution < 1.29 is 9.53 Å². The maximum absolute atomic E-state index is 12.4. The van der Waals surface area contributed by atoms with Gasteiger partial charge in [-0.2, -0.15) is 0 Å². The van der Waals surface area contributed by atoms with Crippen molar-refractivity contribution in [2.24, 2.45) is 0 Å². The van der Waals surface area contributed by atoms with Crippen LogP contribution in [0.4, 0.5) is 4.79 Å². The number of amides is 2. The normalized spacial score (nSPS) is 22.6. The van der Waals surface area contributed by atoms with Gasteiger partial charge in [-0.25, -0.2) is 4.79 Å². The summed E-state index contributed by atoms with van der Waals surface area (Å²) in [6.45, 7) is 8.08. The standard InChI is InChI=1S/C17H27N3O2/c1-14-12-19(13-15(2)20(14)9-10-22-3)17(21)18-11-16-7-5-4-6-8-16/h4-8,14-15H,9-13H2,1-3H3,(H,18,21). The molecule has 0 bridgehead atoms. The monoisotopic (exact) mass is 305 g/mol. The zero-order valence-corrected chi connectivity index (χ0v) is 13.8. The van der Waals surface area contributed by atoms with Crippen LogP contribution in [0.1, 0.15) is 19.4 Å². The van der Waals surface area contributed by atoms with Crippen molar-refractivity contribution in [2.45, 2.75) is 32.5 Å². The van der Waals surface area contributed by atoms with Gasteiger partial charge in [-0.1, -0.05) is 30.3 Å². The summed E-state index contributed by atoms with van der Waals surface area (Å²) < 4.78 is 5.17. The topological polar surface area (TPSA) is 44.8 Å². The molecule has 5 heteroatoms. The Morgan fingerprint density at radius 2 is 1.86 bits per heavy atom. The van der Waals surface area contributed by atoms with Gasteiger partial charge in [0, 0.05) is 45.4 Å². The van der Waals surface area contributed by atoms with E-state index in [1.165, 1.54) is 0 Å². The van der Waals surface area contributed by atoms with Gasteiger partial charge in [0.2, 0.25) is 0 Å². The Morgan fingerprint density at radius 1 is 1.23 bits per heavy atom. The molecule has 2 amide bonds. The van der Waals surface area contributed by atoms with E-state index in [9.17, 15) is 4.79 Å². The molecule has 0 aliphatic carbocycles. The molecule has 1 N–H and O–H groups in total. The van der Waals surface area contributed by atoms with Crippen molar-refractivity contribution in [1.82, 2.24) is 15.1 Å². The summed E-state index contributed by atoms with van der Waals surface area (Å²) in [5, 5.41) is 3.01. The van der Waals surface area contributed by atoms with Gasteiger partial charge in [-0.15, -0.1) is 0 Å². The summed E-state index contributed by atoms with van der Waals surface area (Å²) in [5.74, 6) is 0. The van der Waals surface area contributed by atoms with Gasteiger partial charge in [0.1, 0.15) is 0 Å². The van der Waals surface area contributed by atoms with E-state index >= 15 is 0 Å². The van der Waals surface area contributed by atoms with Crippen LogP contribution >= 0.6 is 0 Å². The number of piperazine rings is 1. The minimum Gasteiger partial charge on any atom is -0.383 e. The number of nitrogens with one attached hydrogen (secondary N) is 1. The first-order chi connectivity index (χ1) is 10.6. The lowest BCUT2D eigenvalue weighted by Crippen LogP contribution is -2.60. The fourth-order valence-electron chi connectivity index (χ4n) is 3.05. The minimum atomic E-state index is 0.0222. The molecule has 0 aromatic heterocycles. The van der Waals surface area contributed by atoms with Crippen molar-refractivity contribution in [1.29, 1.82) is 0 Å². The predicted octanol–water partition coefficient (Wildman–Crippen LogP) is 1.94. The Bertz CT molecular complexity index is 454. The van der Waals surface area contributed by atoms with Crippen molar-refractivity contribution in [2.75, 3.05) is 33.4 Å². The number of urea groups is 1. The molecule has 1 aromatic carbocycles. The average molecular weight is 305 g/mol. The lowest BCUT2D eigenvalue weighted by Gasteiger charge is -2.44. The highest BCUT2D eigenvalue weighted by molar-refractivity contribution is 5.74. The second-order valence-electron chi connectivity index (χ2n) is 5.98. The number of carbonyl (C=O) groups excluding carboxylic acids is 1. The summed E-state index contributed by atoms with van der Waals surface area (Å²) in [7, 11) is 1.72. The molecule has 0 spiro atoms. The van der Waals surface area contributed by atoms with Crippen LogP contribution in [-0.4, -0.2) is 61.3 Å². The molecule has 2 unspecified atom stereocenters. The van der Waals surface area contributed by atoms with E-state index in [4.69, 9.17) is 4.74 Å². The number of carbonyl (C=O) groups is 1. The van der Waals surface area contributed by atoms with Crippen LogP contribution < -0.4 is 5.32 Å². The van der Waals surface area contributed by atoms with E-state index in [-0.39, 0.29) is 6.03 Å². The zero-order chi connectivity index (χ0) is 15.9. The summed E-state index contributed by atoms with van der Waals surface area (Å²) in [5.41, 5.74) is 1.12. The summed E-state index contributed by atoms with van der Waals surface area (Å²) in [6, 6.07) is 10.7. The molecule has 22 heavy (non-hydrogen) atoms. The molecule has 2 rings (SSSR count). The highest BCUT2D eigenvalue weighted by atomic mass is 16.5. The van der Waals surface area contributed by atoms with Gasteiger partial charge >= 0.3 is 6.03 Å². The maximum atomic E-state index is 12.4. The van der Waals surface area contributed by atoms with E-state index in [0.29, 0.717) is 18.6 Å². The zero-order valence-electron chi connectivity index (χ0n) is 13.8. The molecule has 1 saturated heterocycles. The van der Waals surface area contributed by atoms with Gasteiger partial charge in [-0.05, 0) is 19.4 Å².